The standard InChI is InChI=1S/C17H12BrNO5S3/c1-23-13-8-10(9-14-16(20)19-17(25)26-14)7-12(18)15(13)24-27(21,22)11-5-3-2-4-6-11/h2-9H,1H3,(H,19,20,25)/b14-9-. The summed E-state index contributed by atoms with van der Waals surface area (Å²) in [7, 11) is -2.63. The van der Waals surface area contributed by atoms with Gasteiger partial charge in [-0.1, -0.05) is 42.2 Å². The normalized spacial score (nSPS) is 15.7. The Morgan fingerprint density at radius 1 is 1.22 bits per heavy atom. The van der Waals surface area contributed by atoms with Gasteiger partial charge in [0.1, 0.15) is 9.22 Å². The van der Waals surface area contributed by atoms with Crippen LogP contribution in [0, 0.1) is 0 Å². The summed E-state index contributed by atoms with van der Waals surface area (Å²) in [6.45, 7) is 0. The van der Waals surface area contributed by atoms with Crippen LogP contribution in [-0.4, -0.2) is 25.8 Å². The molecule has 10 heteroatoms. The van der Waals surface area contributed by atoms with Gasteiger partial charge in [0, 0.05) is 0 Å². The van der Waals surface area contributed by atoms with Gasteiger partial charge in [-0.25, -0.2) is 0 Å². The fourth-order valence-corrected chi connectivity index (χ4v) is 4.89. The van der Waals surface area contributed by atoms with E-state index in [1.165, 1.54) is 19.2 Å². The average Bonchev–Trinajstić information content (AvgIpc) is 2.94. The number of carbonyl (C=O) groups excluding carboxylic acids is 1. The van der Waals surface area contributed by atoms with Crippen molar-refractivity contribution in [2.45, 2.75) is 4.90 Å². The quantitative estimate of drug-likeness (QED) is 0.392. The van der Waals surface area contributed by atoms with Crippen molar-refractivity contribution in [1.82, 2.24) is 5.32 Å². The molecule has 0 unspecified atom stereocenters. The van der Waals surface area contributed by atoms with Gasteiger partial charge in [-0.3, -0.25) is 4.79 Å². The lowest BCUT2D eigenvalue weighted by Gasteiger charge is -2.13. The third kappa shape index (κ3) is 4.52. The summed E-state index contributed by atoms with van der Waals surface area (Å²) in [5.74, 6) is -0.0728. The molecule has 1 aliphatic heterocycles. The maximum atomic E-state index is 12.5. The maximum Gasteiger partial charge on any atom is 0.339 e. The van der Waals surface area contributed by atoms with E-state index in [1.807, 2.05) is 0 Å². The summed E-state index contributed by atoms with van der Waals surface area (Å²) in [4.78, 5) is 12.3. The molecule has 0 radical (unpaired) electrons. The Balaban J connectivity index is 1.97. The number of hydrogen-bond donors (Lipinski definition) is 1. The van der Waals surface area contributed by atoms with Gasteiger partial charge < -0.3 is 14.2 Å². The summed E-state index contributed by atoms with van der Waals surface area (Å²) in [6, 6.07) is 11.0. The van der Waals surface area contributed by atoms with Gasteiger partial charge >= 0.3 is 10.1 Å². The van der Waals surface area contributed by atoms with Crippen molar-refractivity contribution in [1.29, 1.82) is 0 Å². The van der Waals surface area contributed by atoms with Crippen LogP contribution in [0.15, 0.2) is 56.7 Å². The zero-order chi connectivity index (χ0) is 19.6. The predicted octanol–water partition coefficient (Wildman–Crippen LogP) is 3.71. The van der Waals surface area contributed by atoms with E-state index in [9.17, 15) is 13.2 Å². The first kappa shape index (κ1) is 19.9. The van der Waals surface area contributed by atoms with Crippen LogP contribution < -0.4 is 14.2 Å². The molecule has 1 amide bonds. The topological polar surface area (TPSA) is 81.7 Å². The Morgan fingerprint density at radius 3 is 2.52 bits per heavy atom. The largest absolute Gasteiger partial charge is 0.493 e. The van der Waals surface area contributed by atoms with Crippen molar-refractivity contribution < 1.29 is 22.1 Å². The van der Waals surface area contributed by atoms with Crippen molar-refractivity contribution in [3.05, 3.63) is 57.4 Å². The van der Waals surface area contributed by atoms with Crippen LogP contribution in [0.2, 0.25) is 0 Å². The lowest BCUT2D eigenvalue weighted by Crippen LogP contribution is -2.17. The average molecular weight is 486 g/mol. The van der Waals surface area contributed by atoms with Gasteiger partial charge in [0.25, 0.3) is 5.91 Å². The van der Waals surface area contributed by atoms with Crippen LogP contribution in [0.25, 0.3) is 6.08 Å². The lowest BCUT2D eigenvalue weighted by atomic mass is 10.2. The van der Waals surface area contributed by atoms with E-state index in [4.69, 9.17) is 21.1 Å². The molecule has 1 fully saturated rings. The third-order valence-electron chi connectivity index (χ3n) is 3.42. The van der Waals surface area contributed by atoms with E-state index in [0.29, 0.717) is 19.3 Å². The van der Waals surface area contributed by atoms with Crippen molar-refractivity contribution in [2.75, 3.05) is 7.11 Å². The Bertz CT molecular complexity index is 1050. The first-order chi connectivity index (χ1) is 12.8. The van der Waals surface area contributed by atoms with Crippen molar-refractivity contribution in [3.63, 3.8) is 0 Å². The second-order valence-electron chi connectivity index (χ2n) is 5.24. The van der Waals surface area contributed by atoms with Gasteiger partial charge in [0.15, 0.2) is 11.5 Å². The molecule has 1 aliphatic rings. The van der Waals surface area contributed by atoms with Gasteiger partial charge in [0.2, 0.25) is 0 Å². The summed E-state index contributed by atoms with van der Waals surface area (Å²) >= 11 is 9.42. The molecule has 3 rings (SSSR count). The fraction of sp³-hybridized carbons (Fsp3) is 0.0588. The first-order valence-corrected chi connectivity index (χ1v) is 10.8. The van der Waals surface area contributed by atoms with Crippen LogP contribution in [-0.2, 0) is 14.9 Å². The molecule has 1 heterocycles. The Kier molecular flexibility index (Phi) is 5.89. The van der Waals surface area contributed by atoms with Crippen LogP contribution >= 0.6 is 39.9 Å². The Morgan fingerprint density at radius 2 is 1.93 bits per heavy atom. The highest BCUT2D eigenvalue weighted by atomic mass is 79.9. The molecule has 2 aromatic rings. The number of methoxy groups -OCH3 is 1. The molecule has 0 spiro atoms. The predicted molar refractivity (Wildman–Crippen MR) is 111 cm³/mol. The molecule has 27 heavy (non-hydrogen) atoms. The van der Waals surface area contributed by atoms with E-state index in [-0.39, 0.29) is 22.3 Å². The molecular formula is C17H12BrNO5S3. The van der Waals surface area contributed by atoms with Crippen LogP contribution in [0.4, 0.5) is 0 Å². The number of thioether (sulfide) groups is 1. The molecule has 1 N–H and O–H groups in total. The zero-order valence-electron chi connectivity index (χ0n) is 13.8. The van der Waals surface area contributed by atoms with Crippen molar-refractivity contribution in [2.24, 2.45) is 0 Å². The minimum Gasteiger partial charge on any atom is -0.493 e. The lowest BCUT2D eigenvalue weighted by molar-refractivity contribution is -0.115. The van der Waals surface area contributed by atoms with Gasteiger partial charge in [-0.15, -0.1) is 0 Å². The number of hydrogen-bond acceptors (Lipinski definition) is 7. The molecule has 0 aromatic heterocycles. The molecular weight excluding hydrogens is 474 g/mol. The van der Waals surface area contributed by atoms with Crippen molar-refractivity contribution >= 4 is 66.3 Å². The number of ether oxygens (including phenoxy) is 1. The molecule has 1 saturated heterocycles. The second-order valence-corrected chi connectivity index (χ2v) is 9.36. The van der Waals surface area contributed by atoms with Gasteiger partial charge in [0.05, 0.1) is 16.5 Å². The SMILES string of the molecule is COc1cc(/C=C2\SC(=S)NC2=O)cc(Br)c1OS(=O)(=O)c1ccccc1. The fourth-order valence-electron chi connectivity index (χ4n) is 2.22. The number of rotatable bonds is 5. The summed E-state index contributed by atoms with van der Waals surface area (Å²) in [5, 5.41) is 2.53. The smallest absolute Gasteiger partial charge is 0.339 e. The molecule has 0 bridgehead atoms. The number of thiocarbonyl (C=S) groups is 1. The number of halogens is 1. The Labute approximate surface area is 174 Å². The molecule has 0 aliphatic carbocycles. The minimum absolute atomic E-state index is 0.0163. The number of benzene rings is 2. The van der Waals surface area contributed by atoms with E-state index in [1.54, 1.807) is 36.4 Å². The first-order valence-electron chi connectivity index (χ1n) is 7.42. The highest BCUT2D eigenvalue weighted by Crippen LogP contribution is 2.39. The molecule has 0 saturated carbocycles. The van der Waals surface area contributed by atoms with Gasteiger partial charge in [-0.05, 0) is 51.8 Å². The highest BCUT2D eigenvalue weighted by Gasteiger charge is 2.24. The number of carbonyl (C=O) groups is 1. The third-order valence-corrected chi connectivity index (χ3v) is 6.40. The molecule has 140 valence electrons. The molecule has 0 atom stereocenters. The van der Waals surface area contributed by atoms with E-state index in [0.717, 1.165) is 11.8 Å². The summed E-state index contributed by atoms with van der Waals surface area (Å²) in [5.41, 5.74) is 0.616. The highest BCUT2D eigenvalue weighted by molar-refractivity contribution is 9.10. The molecule has 2 aromatic carbocycles. The molecule has 6 nitrogen and oxygen atoms in total. The van der Waals surface area contributed by atoms with E-state index >= 15 is 0 Å². The van der Waals surface area contributed by atoms with Crippen LogP contribution in [0.5, 0.6) is 11.5 Å². The van der Waals surface area contributed by atoms with Crippen LogP contribution in [0.1, 0.15) is 5.56 Å². The van der Waals surface area contributed by atoms with Crippen molar-refractivity contribution in [3.8, 4) is 11.5 Å². The zero-order valence-corrected chi connectivity index (χ0v) is 17.8. The Hall–Kier alpha value is -1.88. The maximum absolute atomic E-state index is 12.5. The van der Waals surface area contributed by atoms with E-state index in [2.05, 4.69) is 21.2 Å². The second kappa shape index (κ2) is 8.01. The van der Waals surface area contributed by atoms with E-state index < -0.39 is 10.1 Å². The monoisotopic (exact) mass is 485 g/mol. The summed E-state index contributed by atoms with van der Waals surface area (Å²) < 4.78 is 36.3. The van der Waals surface area contributed by atoms with Crippen LogP contribution in [0.3, 0.4) is 0 Å². The number of nitrogens with one attached hydrogen (secondary N) is 1. The number of amides is 1. The van der Waals surface area contributed by atoms with Gasteiger partial charge in [-0.2, -0.15) is 8.42 Å². The minimum atomic E-state index is -4.03. The summed E-state index contributed by atoms with van der Waals surface area (Å²) in [6.07, 6.45) is 1.63.